The van der Waals surface area contributed by atoms with Gasteiger partial charge in [-0.2, -0.15) is 0 Å². The molecule has 0 aliphatic carbocycles. The minimum absolute atomic E-state index is 0.0261. The average Bonchev–Trinajstić information content (AvgIpc) is 2.02. The summed E-state index contributed by atoms with van der Waals surface area (Å²) in [6.07, 6.45) is 0.959. The first-order valence-electron chi connectivity index (χ1n) is 3.23. The van der Waals surface area contributed by atoms with E-state index in [1.54, 1.807) is 0 Å². The van der Waals surface area contributed by atoms with Crippen LogP contribution >= 0.6 is 0 Å². The highest BCUT2D eigenvalue weighted by Crippen LogP contribution is 2.05. The van der Waals surface area contributed by atoms with Gasteiger partial charge in [-0.3, -0.25) is 0 Å². The number of carboxylic acid groups (broad SMARTS) is 1. The maximum absolute atomic E-state index is 10.9. The van der Waals surface area contributed by atoms with Crippen molar-refractivity contribution in [1.29, 1.82) is 0 Å². The third-order valence-electron chi connectivity index (χ3n) is 1.38. The Kier molecular flexibility index (Phi) is 3.76. The van der Waals surface area contributed by atoms with Gasteiger partial charge in [0.25, 0.3) is 0 Å². The minimum Gasteiger partial charge on any atom is -0.478 e. The lowest BCUT2D eigenvalue weighted by Crippen LogP contribution is -2.08. The number of hydrogen-bond donors (Lipinski definition) is 1. The lowest BCUT2D eigenvalue weighted by Gasteiger charge is -2.00. The first-order chi connectivity index (χ1) is 5.50. The third kappa shape index (κ3) is 2.57. The number of ether oxygens (including phenoxy) is 1. The molecule has 0 saturated carbocycles. The molecule has 0 atom stereocenters. The second-order valence-corrected chi connectivity index (χ2v) is 2.13. The quantitative estimate of drug-likeness (QED) is 0.391. The Labute approximate surface area is 70.1 Å². The highest BCUT2D eigenvalue weighted by atomic mass is 16.5. The zero-order valence-corrected chi connectivity index (χ0v) is 6.96. The summed E-state index contributed by atoms with van der Waals surface area (Å²) < 4.78 is 4.38. The molecule has 1 N–H and O–H groups in total. The van der Waals surface area contributed by atoms with Crippen molar-refractivity contribution < 1.29 is 19.4 Å². The second-order valence-electron chi connectivity index (χ2n) is 2.13. The number of esters is 1. The third-order valence-corrected chi connectivity index (χ3v) is 1.38. The highest BCUT2D eigenvalue weighted by Gasteiger charge is 2.12. The Balaban J connectivity index is 4.65. The summed E-state index contributed by atoms with van der Waals surface area (Å²) in [5.41, 5.74) is 0.0456. The average molecular weight is 170 g/mol. The predicted octanol–water partition coefficient (Wildman–Crippen LogP) is 1.09. The summed E-state index contributed by atoms with van der Waals surface area (Å²) in [5, 5.41) is 8.48. The van der Waals surface area contributed by atoms with Gasteiger partial charge in [-0.05, 0) is 13.8 Å². The maximum atomic E-state index is 10.9. The van der Waals surface area contributed by atoms with Crippen LogP contribution in [0.5, 0.6) is 0 Å². The van der Waals surface area contributed by atoms with Crippen molar-refractivity contribution in [3.63, 3.8) is 0 Å². The van der Waals surface area contributed by atoms with Gasteiger partial charge < -0.3 is 9.84 Å². The van der Waals surface area contributed by atoms with Crippen LogP contribution in [0.4, 0.5) is 0 Å². The summed E-state index contributed by atoms with van der Waals surface area (Å²) in [7, 11) is 0. The summed E-state index contributed by atoms with van der Waals surface area (Å²) in [4.78, 5) is 21.2. The minimum atomic E-state index is -1.13. The van der Waals surface area contributed by atoms with Crippen molar-refractivity contribution in [3.8, 4) is 0 Å². The number of carboxylic acids is 1. The van der Waals surface area contributed by atoms with Crippen LogP contribution in [0, 0.1) is 0 Å². The van der Waals surface area contributed by atoms with E-state index < -0.39 is 11.9 Å². The van der Waals surface area contributed by atoms with Crippen LogP contribution in [0.2, 0.25) is 0 Å². The molecule has 0 amide bonds. The Bertz CT molecular complexity index is 250. The number of hydrogen-bond acceptors (Lipinski definition) is 3. The van der Waals surface area contributed by atoms with Gasteiger partial charge in [-0.25, -0.2) is 9.59 Å². The fraction of sp³-hybridized carbons (Fsp3) is 0.250. The van der Waals surface area contributed by atoms with Crippen LogP contribution < -0.4 is 0 Å². The zero-order chi connectivity index (χ0) is 9.72. The summed E-state index contributed by atoms with van der Waals surface area (Å²) in [6, 6.07) is 0. The van der Waals surface area contributed by atoms with Crippen LogP contribution in [0.1, 0.15) is 13.8 Å². The normalized spacial score (nSPS) is 11.5. The van der Waals surface area contributed by atoms with E-state index in [4.69, 9.17) is 5.11 Å². The molecule has 0 rings (SSSR count). The SMILES string of the molecule is C=COC(=O)/C(C)=C(\C)C(=O)O. The summed E-state index contributed by atoms with van der Waals surface area (Å²) >= 11 is 0. The summed E-state index contributed by atoms with van der Waals surface area (Å²) in [6.45, 7) is 5.89. The smallest absolute Gasteiger partial charge is 0.339 e. The Hall–Kier alpha value is -1.58. The molecule has 0 aliphatic rings. The van der Waals surface area contributed by atoms with Gasteiger partial charge in [0.15, 0.2) is 0 Å². The van der Waals surface area contributed by atoms with Crippen molar-refractivity contribution in [3.05, 3.63) is 24.0 Å². The number of carbonyl (C=O) groups excluding carboxylic acids is 1. The molecule has 0 fully saturated rings. The van der Waals surface area contributed by atoms with E-state index in [-0.39, 0.29) is 11.1 Å². The number of aliphatic carboxylic acids is 1. The van der Waals surface area contributed by atoms with E-state index in [1.165, 1.54) is 13.8 Å². The van der Waals surface area contributed by atoms with Crippen LogP contribution in [0.25, 0.3) is 0 Å². The predicted molar refractivity (Wildman–Crippen MR) is 42.3 cm³/mol. The molecule has 0 aromatic rings. The van der Waals surface area contributed by atoms with Crippen molar-refractivity contribution in [2.24, 2.45) is 0 Å². The highest BCUT2D eigenvalue weighted by molar-refractivity contribution is 5.98. The molecule has 12 heavy (non-hydrogen) atoms. The molecular formula is C8H10O4. The van der Waals surface area contributed by atoms with Gasteiger partial charge in [0, 0.05) is 11.1 Å². The van der Waals surface area contributed by atoms with Crippen LogP contribution in [-0.4, -0.2) is 17.0 Å². The molecular weight excluding hydrogens is 160 g/mol. The van der Waals surface area contributed by atoms with E-state index in [0.29, 0.717) is 0 Å². The maximum Gasteiger partial charge on any atom is 0.339 e. The standard InChI is InChI=1S/C8H10O4/c1-4-12-8(11)6(3)5(2)7(9)10/h4H,1H2,2-3H3,(H,9,10)/b6-5+. The molecule has 0 bridgehead atoms. The topological polar surface area (TPSA) is 63.6 Å². The molecule has 4 heteroatoms. The number of carbonyl (C=O) groups is 2. The molecule has 0 aromatic carbocycles. The van der Waals surface area contributed by atoms with E-state index in [1.807, 2.05) is 0 Å². The largest absolute Gasteiger partial charge is 0.478 e. The zero-order valence-electron chi connectivity index (χ0n) is 6.96. The Morgan fingerprint density at radius 2 is 1.83 bits per heavy atom. The van der Waals surface area contributed by atoms with Crippen LogP contribution in [0.15, 0.2) is 24.0 Å². The van der Waals surface area contributed by atoms with Gasteiger partial charge in [0.1, 0.15) is 0 Å². The Morgan fingerprint density at radius 3 is 2.17 bits per heavy atom. The van der Waals surface area contributed by atoms with E-state index in [0.717, 1.165) is 6.26 Å². The van der Waals surface area contributed by atoms with Crippen LogP contribution in [-0.2, 0) is 14.3 Å². The van der Waals surface area contributed by atoms with Gasteiger partial charge >= 0.3 is 11.9 Å². The molecule has 4 nitrogen and oxygen atoms in total. The monoisotopic (exact) mass is 170 g/mol. The van der Waals surface area contributed by atoms with E-state index in [9.17, 15) is 9.59 Å². The van der Waals surface area contributed by atoms with Gasteiger partial charge in [0.2, 0.25) is 0 Å². The molecule has 0 aromatic heterocycles. The van der Waals surface area contributed by atoms with E-state index in [2.05, 4.69) is 11.3 Å². The molecule has 0 saturated heterocycles. The van der Waals surface area contributed by atoms with Crippen molar-refractivity contribution in [1.82, 2.24) is 0 Å². The van der Waals surface area contributed by atoms with Gasteiger partial charge in [0.05, 0.1) is 6.26 Å². The first-order valence-corrected chi connectivity index (χ1v) is 3.23. The lowest BCUT2D eigenvalue weighted by molar-refractivity contribution is -0.136. The Morgan fingerprint density at radius 1 is 1.33 bits per heavy atom. The molecule has 0 unspecified atom stereocenters. The van der Waals surface area contributed by atoms with Gasteiger partial charge in [-0.1, -0.05) is 6.58 Å². The first kappa shape index (κ1) is 10.4. The van der Waals surface area contributed by atoms with Crippen molar-refractivity contribution in [2.45, 2.75) is 13.8 Å². The number of rotatable bonds is 3. The molecule has 66 valence electrons. The van der Waals surface area contributed by atoms with Gasteiger partial charge in [-0.15, -0.1) is 0 Å². The van der Waals surface area contributed by atoms with E-state index >= 15 is 0 Å². The molecule has 0 heterocycles. The fourth-order valence-corrected chi connectivity index (χ4v) is 0.478. The molecule has 0 radical (unpaired) electrons. The van der Waals surface area contributed by atoms with Crippen LogP contribution in [0.3, 0.4) is 0 Å². The lowest BCUT2D eigenvalue weighted by atomic mass is 10.1. The summed E-state index contributed by atoms with van der Waals surface area (Å²) in [5.74, 6) is -1.82. The van der Waals surface area contributed by atoms with Crippen molar-refractivity contribution >= 4 is 11.9 Å². The fourth-order valence-electron chi connectivity index (χ4n) is 0.478. The second kappa shape index (κ2) is 4.33. The van der Waals surface area contributed by atoms with Crippen molar-refractivity contribution in [2.75, 3.05) is 0 Å². The molecule has 0 aliphatic heterocycles. The molecule has 0 spiro atoms.